The van der Waals surface area contributed by atoms with Crippen LogP contribution in [0.3, 0.4) is 0 Å². The maximum absolute atomic E-state index is 2.53. The van der Waals surface area contributed by atoms with Crippen LogP contribution < -0.4 is 4.90 Å². The molecule has 53 heavy (non-hydrogen) atoms. The van der Waals surface area contributed by atoms with Gasteiger partial charge in [-0.2, -0.15) is 0 Å². The Balaban J connectivity index is 1.22. The van der Waals surface area contributed by atoms with Crippen LogP contribution in [0.15, 0.2) is 176 Å². The molecule has 0 aromatic heterocycles. The molecule has 9 aromatic rings. The van der Waals surface area contributed by atoms with E-state index in [-0.39, 0.29) is 5.41 Å². The zero-order valence-electron chi connectivity index (χ0n) is 29.9. The molecule has 9 aromatic carbocycles. The fourth-order valence-corrected chi connectivity index (χ4v) is 9.51. The Hall–Kier alpha value is -6.44. The van der Waals surface area contributed by atoms with Crippen LogP contribution in [0.2, 0.25) is 0 Å². The predicted molar refractivity (Wildman–Crippen MR) is 225 cm³/mol. The summed E-state index contributed by atoms with van der Waals surface area (Å²) in [7, 11) is 0. The van der Waals surface area contributed by atoms with E-state index < -0.39 is 0 Å². The topological polar surface area (TPSA) is 3.24 Å². The summed E-state index contributed by atoms with van der Waals surface area (Å²) in [6, 6.07) is 65.8. The molecule has 0 heterocycles. The molecule has 0 unspecified atom stereocenters. The van der Waals surface area contributed by atoms with Crippen LogP contribution in [0.25, 0.3) is 65.7 Å². The number of hydrogen-bond donors (Lipinski definition) is 0. The molecule has 2 aliphatic rings. The van der Waals surface area contributed by atoms with Crippen molar-refractivity contribution in [3.05, 3.63) is 198 Å². The maximum Gasteiger partial charge on any atom is 0.0546 e. The molecule has 0 spiro atoms. The molecule has 250 valence electrons. The number of hydrogen-bond acceptors (Lipinski definition) is 1. The third kappa shape index (κ3) is 4.44. The lowest BCUT2D eigenvalue weighted by molar-refractivity contribution is 0.660. The monoisotopic (exact) mass is 675 g/mol. The van der Waals surface area contributed by atoms with Crippen molar-refractivity contribution in [3.63, 3.8) is 0 Å². The lowest BCUT2D eigenvalue weighted by atomic mass is 9.82. The van der Waals surface area contributed by atoms with Gasteiger partial charge in [0.15, 0.2) is 0 Å². The van der Waals surface area contributed by atoms with Crippen LogP contribution in [0.4, 0.5) is 17.1 Å². The van der Waals surface area contributed by atoms with Crippen molar-refractivity contribution < 1.29 is 0 Å². The normalized spacial score (nSPS) is 13.5. The van der Waals surface area contributed by atoms with Crippen molar-refractivity contribution in [2.75, 3.05) is 4.90 Å². The summed E-state index contributed by atoms with van der Waals surface area (Å²) in [4.78, 5) is 2.53. The van der Waals surface area contributed by atoms with Crippen LogP contribution in [-0.4, -0.2) is 0 Å². The molecule has 11 rings (SSSR count). The van der Waals surface area contributed by atoms with Gasteiger partial charge in [0, 0.05) is 22.2 Å². The highest BCUT2D eigenvalue weighted by atomic mass is 15.1. The number of fused-ring (bicyclic) bond motifs is 11. The van der Waals surface area contributed by atoms with E-state index in [4.69, 9.17) is 0 Å². The highest BCUT2D eigenvalue weighted by Gasteiger charge is 2.36. The van der Waals surface area contributed by atoms with E-state index >= 15 is 0 Å². The SMILES string of the molecule is CC1(C)c2ccccc2-c2ccc(N(c3ccc4c(c3)-c3ccccc3C4)c3cc4cc(-c5ccccc5)c5ccccc5c4c4ccccc34)cc21. The summed E-state index contributed by atoms with van der Waals surface area (Å²) in [5.41, 5.74) is 16.8. The molecule has 1 heteroatoms. The summed E-state index contributed by atoms with van der Waals surface area (Å²) in [5.74, 6) is 0. The maximum atomic E-state index is 2.53. The Labute approximate surface area is 310 Å². The Morgan fingerprint density at radius 1 is 0.415 bits per heavy atom. The molecule has 1 nitrogen and oxygen atoms in total. The van der Waals surface area contributed by atoms with Gasteiger partial charge in [0.05, 0.1) is 5.69 Å². The first-order valence-electron chi connectivity index (χ1n) is 18.7. The van der Waals surface area contributed by atoms with Crippen molar-refractivity contribution in [1.82, 2.24) is 0 Å². The van der Waals surface area contributed by atoms with Gasteiger partial charge in [-0.3, -0.25) is 0 Å². The van der Waals surface area contributed by atoms with Gasteiger partial charge in [-0.05, 0) is 125 Å². The summed E-state index contributed by atoms with van der Waals surface area (Å²) in [6.45, 7) is 4.75. The minimum Gasteiger partial charge on any atom is -0.310 e. The van der Waals surface area contributed by atoms with E-state index in [1.54, 1.807) is 0 Å². The van der Waals surface area contributed by atoms with Crippen LogP contribution in [0.1, 0.15) is 36.1 Å². The van der Waals surface area contributed by atoms with E-state index in [0.29, 0.717) is 0 Å². The molecule has 0 atom stereocenters. The lowest BCUT2D eigenvalue weighted by Crippen LogP contribution is -2.16. The van der Waals surface area contributed by atoms with Crippen LogP contribution in [0.5, 0.6) is 0 Å². The van der Waals surface area contributed by atoms with Gasteiger partial charge in [-0.1, -0.05) is 153 Å². The van der Waals surface area contributed by atoms with E-state index in [2.05, 4.69) is 195 Å². The lowest BCUT2D eigenvalue weighted by Gasteiger charge is -2.30. The Bertz CT molecular complexity index is 2950. The molecular weight excluding hydrogens is 639 g/mol. The van der Waals surface area contributed by atoms with E-state index in [0.717, 1.165) is 6.42 Å². The molecule has 0 amide bonds. The van der Waals surface area contributed by atoms with Crippen LogP contribution >= 0.6 is 0 Å². The number of rotatable bonds is 4. The Morgan fingerprint density at radius 2 is 1.02 bits per heavy atom. The third-order valence-corrected chi connectivity index (χ3v) is 12.0. The minimum atomic E-state index is -0.112. The van der Waals surface area contributed by atoms with Gasteiger partial charge < -0.3 is 4.90 Å². The van der Waals surface area contributed by atoms with Crippen molar-refractivity contribution in [1.29, 1.82) is 0 Å². The molecule has 0 aliphatic heterocycles. The largest absolute Gasteiger partial charge is 0.310 e. The molecule has 0 radical (unpaired) electrons. The summed E-state index contributed by atoms with van der Waals surface area (Å²) >= 11 is 0. The molecule has 0 N–H and O–H groups in total. The molecular formula is C52H37N. The first-order chi connectivity index (χ1) is 26.0. The van der Waals surface area contributed by atoms with Gasteiger partial charge in [0.25, 0.3) is 0 Å². The second kappa shape index (κ2) is 11.3. The Kier molecular flexibility index (Phi) is 6.43. The average Bonchev–Trinajstić information content (AvgIpc) is 3.69. The third-order valence-electron chi connectivity index (χ3n) is 12.0. The molecule has 0 saturated heterocycles. The fraction of sp³-hybridized carbons (Fsp3) is 0.0769. The average molecular weight is 676 g/mol. The van der Waals surface area contributed by atoms with Gasteiger partial charge >= 0.3 is 0 Å². The summed E-state index contributed by atoms with van der Waals surface area (Å²) < 4.78 is 0. The molecule has 0 fully saturated rings. The van der Waals surface area contributed by atoms with Gasteiger partial charge in [0.1, 0.15) is 0 Å². The van der Waals surface area contributed by atoms with Crippen molar-refractivity contribution >= 4 is 49.4 Å². The van der Waals surface area contributed by atoms with Crippen LogP contribution in [-0.2, 0) is 11.8 Å². The molecule has 0 saturated carbocycles. The van der Waals surface area contributed by atoms with E-state index in [9.17, 15) is 0 Å². The zero-order valence-corrected chi connectivity index (χ0v) is 29.9. The van der Waals surface area contributed by atoms with Crippen LogP contribution in [0, 0.1) is 0 Å². The van der Waals surface area contributed by atoms with Gasteiger partial charge in [0.2, 0.25) is 0 Å². The smallest absolute Gasteiger partial charge is 0.0546 e. The predicted octanol–water partition coefficient (Wildman–Crippen LogP) is 14.2. The number of anilines is 3. The molecule has 0 bridgehead atoms. The van der Waals surface area contributed by atoms with E-state index in [1.807, 2.05) is 0 Å². The highest BCUT2D eigenvalue weighted by molar-refractivity contribution is 6.26. The van der Waals surface area contributed by atoms with Crippen molar-refractivity contribution in [2.45, 2.75) is 25.7 Å². The molecule has 2 aliphatic carbocycles. The van der Waals surface area contributed by atoms with Crippen molar-refractivity contribution in [2.24, 2.45) is 0 Å². The van der Waals surface area contributed by atoms with E-state index in [1.165, 1.54) is 105 Å². The van der Waals surface area contributed by atoms with Gasteiger partial charge in [-0.25, -0.2) is 0 Å². The van der Waals surface area contributed by atoms with Gasteiger partial charge in [-0.15, -0.1) is 0 Å². The second-order valence-electron chi connectivity index (χ2n) is 15.3. The summed E-state index contributed by atoms with van der Waals surface area (Å²) in [6.07, 6.45) is 0.978. The first kappa shape index (κ1) is 30.2. The Morgan fingerprint density at radius 3 is 1.85 bits per heavy atom. The number of nitrogens with zero attached hydrogens (tertiary/aromatic N) is 1. The standard InChI is InChI=1S/C52H37N/c1-52(2)48-23-13-12-19-41(48)42-27-26-38(32-49(42)52)53(37-25-24-35-28-34-16-6-7-17-39(34)47(35)31-37)50-30-36-29-46(33-14-4-3-5-15-33)40-18-8-10-21-44(40)51(36)45-22-11-9-20-43(45)50/h3-27,29-32H,28H2,1-2H3. The first-order valence-corrected chi connectivity index (χ1v) is 18.7. The zero-order chi connectivity index (χ0) is 35.3. The fourth-order valence-electron chi connectivity index (χ4n) is 9.51. The summed E-state index contributed by atoms with van der Waals surface area (Å²) in [5, 5.41) is 7.60. The minimum absolute atomic E-state index is 0.112. The van der Waals surface area contributed by atoms with Crippen molar-refractivity contribution in [3.8, 4) is 33.4 Å². The second-order valence-corrected chi connectivity index (χ2v) is 15.3. The highest BCUT2D eigenvalue weighted by Crippen LogP contribution is 2.52. The quantitative estimate of drug-likeness (QED) is 0.168. The number of benzene rings is 9.